The third kappa shape index (κ3) is 3.42. The predicted molar refractivity (Wildman–Crippen MR) is 79.0 cm³/mol. The van der Waals surface area contributed by atoms with Gasteiger partial charge in [-0.2, -0.15) is 11.8 Å². The molecule has 0 aromatic carbocycles. The molecule has 102 valence electrons. The Balaban J connectivity index is 2.39. The molecule has 2 rings (SSSR count). The van der Waals surface area contributed by atoms with E-state index >= 15 is 0 Å². The van der Waals surface area contributed by atoms with Crippen LogP contribution in [0.25, 0.3) is 11.2 Å². The maximum absolute atomic E-state index is 10.7. The van der Waals surface area contributed by atoms with Gasteiger partial charge in [0.2, 0.25) is 0 Å². The lowest BCUT2D eigenvalue weighted by molar-refractivity contribution is -0.133. The predicted octanol–water partition coefficient (Wildman–Crippen LogP) is 2.28. The third-order valence-corrected chi connectivity index (χ3v) is 4.09. The molecule has 0 amide bonds. The van der Waals surface area contributed by atoms with Gasteiger partial charge in [-0.1, -0.05) is 11.8 Å². The summed E-state index contributed by atoms with van der Waals surface area (Å²) in [7, 11) is 0. The average molecular weight is 297 g/mol. The summed E-state index contributed by atoms with van der Waals surface area (Å²) in [5.74, 6) is 0.126. The Kier molecular flexibility index (Phi) is 4.71. The first-order chi connectivity index (χ1) is 9.11. The number of fused-ring (bicyclic) bond motifs is 1. The minimum Gasteiger partial charge on any atom is -0.481 e. The van der Waals surface area contributed by atoms with Crippen LogP contribution in [0.4, 0.5) is 0 Å². The van der Waals surface area contributed by atoms with Crippen molar-refractivity contribution in [3.63, 3.8) is 0 Å². The fourth-order valence-electron chi connectivity index (χ4n) is 1.70. The molecule has 0 saturated heterocycles. The SMILES string of the molecule is CSCCn1c(SCC(=O)O)nc2ccc(C)nc21. The van der Waals surface area contributed by atoms with Crippen LogP contribution in [-0.2, 0) is 11.3 Å². The molecule has 0 spiro atoms. The maximum atomic E-state index is 10.7. The topological polar surface area (TPSA) is 68.0 Å². The number of aryl methyl sites for hydroxylation is 2. The van der Waals surface area contributed by atoms with Crippen molar-refractivity contribution in [2.24, 2.45) is 0 Å². The van der Waals surface area contributed by atoms with E-state index in [1.165, 1.54) is 11.8 Å². The minimum absolute atomic E-state index is 0.0154. The second kappa shape index (κ2) is 6.29. The van der Waals surface area contributed by atoms with Crippen LogP contribution < -0.4 is 0 Å². The monoisotopic (exact) mass is 297 g/mol. The van der Waals surface area contributed by atoms with Gasteiger partial charge in [0.1, 0.15) is 5.52 Å². The molecule has 1 N–H and O–H groups in total. The molecular formula is C12H15N3O2S2. The molecule has 0 atom stereocenters. The van der Waals surface area contributed by atoms with E-state index in [1.54, 1.807) is 11.8 Å². The van der Waals surface area contributed by atoms with Gasteiger partial charge < -0.3 is 9.67 Å². The molecule has 0 radical (unpaired) electrons. The summed E-state index contributed by atoms with van der Waals surface area (Å²) in [6.07, 6.45) is 2.04. The van der Waals surface area contributed by atoms with Gasteiger partial charge in [-0.15, -0.1) is 0 Å². The van der Waals surface area contributed by atoms with Gasteiger partial charge in [0, 0.05) is 18.0 Å². The highest BCUT2D eigenvalue weighted by Gasteiger charge is 2.13. The largest absolute Gasteiger partial charge is 0.481 e. The summed E-state index contributed by atoms with van der Waals surface area (Å²) in [6.45, 7) is 2.73. The van der Waals surface area contributed by atoms with Gasteiger partial charge in [0.15, 0.2) is 10.8 Å². The van der Waals surface area contributed by atoms with Crippen LogP contribution in [0.2, 0.25) is 0 Å². The average Bonchev–Trinajstić information content (AvgIpc) is 2.71. The Hall–Kier alpha value is -1.21. The highest BCUT2D eigenvalue weighted by molar-refractivity contribution is 7.99. The van der Waals surface area contributed by atoms with E-state index in [1.807, 2.05) is 29.9 Å². The Morgan fingerprint density at radius 1 is 1.42 bits per heavy atom. The normalized spacial score (nSPS) is 11.1. The van der Waals surface area contributed by atoms with E-state index in [0.29, 0.717) is 0 Å². The van der Waals surface area contributed by atoms with Crippen LogP contribution >= 0.6 is 23.5 Å². The van der Waals surface area contributed by atoms with Gasteiger partial charge >= 0.3 is 5.97 Å². The molecule has 5 nitrogen and oxygen atoms in total. The highest BCUT2D eigenvalue weighted by atomic mass is 32.2. The lowest BCUT2D eigenvalue weighted by atomic mass is 10.3. The molecule has 0 bridgehead atoms. The molecule has 0 aliphatic rings. The summed E-state index contributed by atoms with van der Waals surface area (Å²) in [5, 5.41) is 9.51. The van der Waals surface area contributed by atoms with E-state index in [0.717, 1.165) is 34.3 Å². The molecule has 2 heterocycles. The first-order valence-electron chi connectivity index (χ1n) is 5.79. The Bertz CT molecular complexity index is 598. The van der Waals surface area contributed by atoms with Gasteiger partial charge in [0.05, 0.1) is 5.75 Å². The van der Waals surface area contributed by atoms with Crippen molar-refractivity contribution in [2.75, 3.05) is 17.8 Å². The summed E-state index contributed by atoms with van der Waals surface area (Å²) < 4.78 is 2.01. The highest BCUT2D eigenvalue weighted by Crippen LogP contribution is 2.23. The third-order valence-electron chi connectivity index (χ3n) is 2.54. The number of thioether (sulfide) groups is 2. The molecule has 0 aliphatic carbocycles. The summed E-state index contributed by atoms with van der Waals surface area (Å²) in [5.41, 5.74) is 2.59. The zero-order valence-electron chi connectivity index (χ0n) is 10.8. The van der Waals surface area contributed by atoms with Crippen molar-refractivity contribution in [2.45, 2.75) is 18.6 Å². The van der Waals surface area contributed by atoms with Gasteiger partial charge in [0.25, 0.3) is 0 Å². The van der Waals surface area contributed by atoms with E-state index in [4.69, 9.17) is 5.11 Å². The van der Waals surface area contributed by atoms with Crippen molar-refractivity contribution in [1.29, 1.82) is 0 Å². The number of carboxylic acid groups (broad SMARTS) is 1. The Morgan fingerprint density at radius 3 is 2.89 bits per heavy atom. The number of carbonyl (C=O) groups is 1. The first-order valence-corrected chi connectivity index (χ1v) is 8.17. The number of hydrogen-bond donors (Lipinski definition) is 1. The molecule has 0 unspecified atom stereocenters. The number of hydrogen-bond acceptors (Lipinski definition) is 5. The van der Waals surface area contributed by atoms with Crippen LogP contribution in [-0.4, -0.2) is 43.4 Å². The Labute approximate surface area is 119 Å². The number of carboxylic acids is 1. The fraction of sp³-hybridized carbons (Fsp3) is 0.417. The number of nitrogens with zero attached hydrogens (tertiary/aromatic N) is 3. The molecule has 2 aromatic rings. The summed E-state index contributed by atoms with van der Waals surface area (Å²) in [4.78, 5) is 19.7. The number of aliphatic carboxylic acids is 1. The number of imidazole rings is 1. The summed E-state index contributed by atoms with van der Waals surface area (Å²) in [6, 6.07) is 3.85. The molecule has 0 saturated carbocycles. The van der Waals surface area contributed by atoms with Gasteiger partial charge in [-0.05, 0) is 25.3 Å². The van der Waals surface area contributed by atoms with Crippen LogP contribution in [0.3, 0.4) is 0 Å². The van der Waals surface area contributed by atoms with Crippen molar-refractivity contribution in [1.82, 2.24) is 14.5 Å². The van der Waals surface area contributed by atoms with Gasteiger partial charge in [-0.25, -0.2) is 9.97 Å². The van der Waals surface area contributed by atoms with Crippen molar-refractivity contribution >= 4 is 40.7 Å². The number of pyridine rings is 1. The smallest absolute Gasteiger partial charge is 0.313 e. The van der Waals surface area contributed by atoms with Crippen molar-refractivity contribution in [3.8, 4) is 0 Å². The standard InChI is InChI=1S/C12H15N3O2S2/c1-8-3-4-9-11(13-8)15(5-6-18-2)12(14-9)19-7-10(16)17/h3-4H,5-7H2,1-2H3,(H,16,17). The van der Waals surface area contributed by atoms with Crippen molar-refractivity contribution in [3.05, 3.63) is 17.8 Å². The van der Waals surface area contributed by atoms with E-state index in [2.05, 4.69) is 9.97 Å². The quantitative estimate of drug-likeness (QED) is 0.825. The Morgan fingerprint density at radius 2 is 2.21 bits per heavy atom. The minimum atomic E-state index is -0.836. The van der Waals surface area contributed by atoms with E-state index < -0.39 is 5.97 Å². The molecule has 19 heavy (non-hydrogen) atoms. The van der Waals surface area contributed by atoms with Crippen LogP contribution in [0.15, 0.2) is 17.3 Å². The molecular weight excluding hydrogens is 282 g/mol. The molecule has 7 heteroatoms. The fourth-order valence-corrected chi connectivity index (χ4v) is 2.81. The van der Waals surface area contributed by atoms with E-state index in [-0.39, 0.29) is 5.75 Å². The van der Waals surface area contributed by atoms with Crippen LogP contribution in [0.5, 0.6) is 0 Å². The lowest BCUT2D eigenvalue weighted by Gasteiger charge is -2.06. The van der Waals surface area contributed by atoms with Crippen LogP contribution in [0.1, 0.15) is 5.69 Å². The maximum Gasteiger partial charge on any atom is 0.313 e. The second-order valence-corrected chi connectivity index (χ2v) is 5.94. The summed E-state index contributed by atoms with van der Waals surface area (Å²) >= 11 is 2.98. The molecule has 2 aromatic heterocycles. The van der Waals surface area contributed by atoms with E-state index in [9.17, 15) is 4.79 Å². The van der Waals surface area contributed by atoms with Crippen LogP contribution in [0, 0.1) is 6.92 Å². The zero-order valence-corrected chi connectivity index (χ0v) is 12.4. The lowest BCUT2D eigenvalue weighted by Crippen LogP contribution is -2.05. The first kappa shape index (κ1) is 14.2. The molecule has 0 fully saturated rings. The van der Waals surface area contributed by atoms with Crippen molar-refractivity contribution < 1.29 is 9.90 Å². The number of rotatable bonds is 6. The second-order valence-electron chi connectivity index (χ2n) is 4.02. The van der Waals surface area contributed by atoms with Gasteiger partial charge in [-0.3, -0.25) is 4.79 Å². The zero-order chi connectivity index (χ0) is 13.8. The number of aromatic nitrogens is 3. The molecule has 0 aliphatic heterocycles.